The molecule has 0 amide bonds. The Hall–Kier alpha value is -1.48. The molecule has 98 valence electrons. The van der Waals surface area contributed by atoms with Gasteiger partial charge in [-0.15, -0.1) is 6.58 Å². The molecule has 0 aromatic heterocycles. The van der Waals surface area contributed by atoms with Crippen LogP contribution in [0, 0.1) is 0 Å². The largest absolute Gasteiger partial charge is 0.493 e. The summed E-state index contributed by atoms with van der Waals surface area (Å²) in [6.45, 7) is 5.12. The molecule has 18 heavy (non-hydrogen) atoms. The van der Waals surface area contributed by atoms with Gasteiger partial charge in [-0.2, -0.15) is 0 Å². The van der Waals surface area contributed by atoms with Crippen molar-refractivity contribution in [1.29, 1.82) is 0 Å². The average molecular weight is 248 g/mol. The molecule has 1 aromatic rings. The van der Waals surface area contributed by atoms with Crippen molar-refractivity contribution in [3.8, 4) is 11.5 Å². The summed E-state index contributed by atoms with van der Waals surface area (Å²) in [5.74, 6) is 1.69. The van der Waals surface area contributed by atoms with Gasteiger partial charge in [0.2, 0.25) is 0 Å². The van der Waals surface area contributed by atoms with Crippen molar-refractivity contribution in [2.24, 2.45) is 0 Å². The zero-order chi connectivity index (χ0) is 12.6. The van der Waals surface area contributed by atoms with Crippen LogP contribution in [0.2, 0.25) is 0 Å². The van der Waals surface area contributed by atoms with E-state index in [2.05, 4.69) is 6.58 Å². The van der Waals surface area contributed by atoms with Crippen molar-refractivity contribution in [1.82, 2.24) is 0 Å². The van der Waals surface area contributed by atoms with E-state index in [0.717, 1.165) is 37.4 Å². The zero-order valence-electron chi connectivity index (χ0n) is 10.6. The molecule has 1 fully saturated rings. The van der Waals surface area contributed by atoms with E-state index in [9.17, 15) is 0 Å². The molecule has 0 aliphatic carbocycles. The van der Waals surface area contributed by atoms with Crippen molar-refractivity contribution < 1.29 is 14.2 Å². The Balaban J connectivity index is 1.80. The standard InChI is InChI=1S/C15H20O3/c1-2-3-11-16-13-7-9-14(10-8-13)18-15-6-4-5-12-17-15/h2,7-10,15H,1,3-6,11-12H2. The molecule has 1 heterocycles. The Kier molecular flexibility index (Phi) is 5.09. The highest BCUT2D eigenvalue weighted by Gasteiger charge is 2.14. The monoisotopic (exact) mass is 248 g/mol. The molecule has 1 aliphatic rings. The third-order valence-corrected chi connectivity index (χ3v) is 2.82. The Morgan fingerprint density at radius 1 is 1.22 bits per heavy atom. The summed E-state index contributed by atoms with van der Waals surface area (Å²) in [6.07, 6.45) is 5.89. The van der Waals surface area contributed by atoms with Gasteiger partial charge in [-0.25, -0.2) is 0 Å². The van der Waals surface area contributed by atoms with E-state index in [4.69, 9.17) is 14.2 Å². The minimum absolute atomic E-state index is 0.0914. The predicted molar refractivity (Wildman–Crippen MR) is 71.0 cm³/mol. The summed E-state index contributed by atoms with van der Waals surface area (Å²) in [5, 5.41) is 0. The van der Waals surface area contributed by atoms with Gasteiger partial charge in [0.15, 0.2) is 6.29 Å². The van der Waals surface area contributed by atoms with Gasteiger partial charge in [0.1, 0.15) is 11.5 Å². The lowest BCUT2D eigenvalue weighted by atomic mass is 10.2. The summed E-state index contributed by atoms with van der Waals surface area (Å²) in [5.41, 5.74) is 0. The van der Waals surface area contributed by atoms with Gasteiger partial charge in [0.25, 0.3) is 0 Å². The molecule has 1 atom stereocenters. The van der Waals surface area contributed by atoms with Crippen molar-refractivity contribution in [2.75, 3.05) is 13.2 Å². The first kappa shape index (κ1) is 13.0. The molecule has 3 nitrogen and oxygen atoms in total. The van der Waals surface area contributed by atoms with Crippen molar-refractivity contribution in [3.63, 3.8) is 0 Å². The van der Waals surface area contributed by atoms with Crippen molar-refractivity contribution in [2.45, 2.75) is 32.0 Å². The zero-order valence-corrected chi connectivity index (χ0v) is 10.6. The minimum Gasteiger partial charge on any atom is -0.493 e. The fraction of sp³-hybridized carbons (Fsp3) is 0.467. The highest BCUT2D eigenvalue weighted by molar-refractivity contribution is 5.31. The number of hydrogen-bond acceptors (Lipinski definition) is 3. The maximum atomic E-state index is 5.74. The average Bonchev–Trinajstić information content (AvgIpc) is 2.42. The molecule has 1 aliphatic heterocycles. The van der Waals surface area contributed by atoms with Crippen LogP contribution in [0.4, 0.5) is 0 Å². The summed E-state index contributed by atoms with van der Waals surface area (Å²) in [4.78, 5) is 0. The maximum absolute atomic E-state index is 5.74. The lowest BCUT2D eigenvalue weighted by molar-refractivity contribution is -0.105. The van der Waals surface area contributed by atoms with Crippen molar-refractivity contribution in [3.05, 3.63) is 36.9 Å². The Bertz CT molecular complexity index is 353. The lowest BCUT2D eigenvalue weighted by Crippen LogP contribution is -2.24. The van der Waals surface area contributed by atoms with Crippen LogP contribution in [0.25, 0.3) is 0 Å². The van der Waals surface area contributed by atoms with Crippen LogP contribution in [-0.4, -0.2) is 19.5 Å². The van der Waals surface area contributed by atoms with Gasteiger partial charge in [-0.05, 0) is 43.5 Å². The molecule has 2 rings (SSSR count). The van der Waals surface area contributed by atoms with E-state index in [0.29, 0.717) is 6.61 Å². The van der Waals surface area contributed by atoms with E-state index in [-0.39, 0.29) is 6.29 Å². The lowest BCUT2D eigenvalue weighted by Gasteiger charge is -2.23. The van der Waals surface area contributed by atoms with Gasteiger partial charge in [0.05, 0.1) is 13.2 Å². The highest BCUT2D eigenvalue weighted by atomic mass is 16.7. The van der Waals surface area contributed by atoms with Gasteiger partial charge < -0.3 is 14.2 Å². The summed E-state index contributed by atoms with van der Waals surface area (Å²) in [6, 6.07) is 7.67. The molecule has 3 heteroatoms. The molecule has 0 N–H and O–H groups in total. The van der Waals surface area contributed by atoms with E-state index in [1.54, 1.807) is 0 Å². The van der Waals surface area contributed by atoms with E-state index < -0.39 is 0 Å². The van der Waals surface area contributed by atoms with E-state index in [1.165, 1.54) is 6.42 Å². The van der Waals surface area contributed by atoms with E-state index >= 15 is 0 Å². The second kappa shape index (κ2) is 7.07. The van der Waals surface area contributed by atoms with Crippen LogP contribution in [-0.2, 0) is 4.74 Å². The quantitative estimate of drug-likeness (QED) is 0.569. The van der Waals surface area contributed by atoms with Gasteiger partial charge in [-0.3, -0.25) is 0 Å². The normalized spacial score (nSPS) is 19.2. The Morgan fingerprint density at radius 3 is 2.67 bits per heavy atom. The number of hydrogen-bond donors (Lipinski definition) is 0. The smallest absolute Gasteiger partial charge is 0.199 e. The van der Waals surface area contributed by atoms with Crippen LogP contribution in [0.3, 0.4) is 0 Å². The molecular formula is C15H20O3. The summed E-state index contributed by atoms with van der Waals surface area (Å²) < 4.78 is 16.8. The fourth-order valence-electron chi connectivity index (χ4n) is 1.83. The maximum Gasteiger partial charge on any atom is 0.199 e. The first-order valence-electron chi connectivity index (χ1n) is 6.50. The molecule has 0 bridgehead atoms. The minimum atomic E-state index is -0.0914. The second-order valence-electron chi connectivity index (χ2n) is 4.31. The summed E-state index contributed by atoms with van der Waals surface area (Å²) in [7, 11) is 0. The molecule has 1 saturated heterocycles. The predicted octanol–water partition coefficient (Wildman–Crippen LogP) is 3.55. The Labute approximate surface area is 108 Å². The fourth-order valence-corrected chi connectivity index (χ4v) is 1.83. The van der Waals surface area contributed by atoms with Crippen LogP contribution in [0.1, 0.15) is 25.7 Å². The van der Waals surface area contributed by atoms with E-state index in [1.807, 2.05) is 30.3 Å². The highest BCUT2D eigenvalue weighted by Crippen LogP contribution is 2.22. The number of benzene rings is 1. The van der Waals surface area contributed by atoms with Gasteiger partial charge >= 0.3 is 0 Å². The molecule has 1 aromatic carbocycles. The molecule has 0 spiro atoms. The third kappa shape index (κ3) is 4.08. The molecule has 0 saturated carbocycles. The first-order chi connectivity index (χ1) is 8.88. The second-order valence-corrected chi connectivity index (χ2v) is 4.31. The third-order valence-electron chi connectivity index (χ3n) is 2.82. The van der Waals surface area contributed by atoms with Crippen LogP contribution in [0.15, 0.2) is 36.9 Å². The topological polar surface area (TPSA) is 27.7 Å². The van der Waals surface area contributed by atoms with Crippen LogP contribution in [0.5, 0.6) is 11.5 Å². The number of ether oxygens (including phenoxy) is 3. The van der Waals surface area contributed by atoms with Crippen LogP contribution >= 0.6 is 0 Å². The molecule has 0 radical (unpaired) electrons. The van der Waals surface area contributed by atoms with Gasteiger partial charge in [0, 0.05) is 6.42 Å². The molecule has 1 unspecified atom stereocenters. The van der Waals surface area contributed by atoms with Crippen LogP contribution < -0.4 is 9.47 Å². The first-order valence-corrected chi connectivity index (χ1v) is 6.50. The SMILES string of the molecule is C=CCCOc1ccc(OC2CCCCO2)cc1. The molecular weight excluding hydrogens is 228 g/mol. The number of rotatable bonds is 6. The van der Waals surface area contributed by atoms with Gasteiger partial charge in [-0.1, -0.05) is 6.08 Å². The Morgan fingerprint density at radius 2 is 2.00 bits per heavy atom. The van der Waals surface area contributed by atoms with Crippen molar-refractivity contribution >= 4 is 0 Å². The summed E-state index contributed by atoms with van der Waals surface area (Å²) >= 11 is 0.